The zero-order valence-corrected chi connectivity index (χ0v) is 17.2. The van der Waals surface area contributed by atoms with E-state index in [1.807, 2.05) is 28.0 Å². The Morgan fingerprint density at radius 2 is 1.79 bits per heavy atom. The van der Waals surface area contributed by atoms with Crippen molar-refractivity contribution in [1.29, 1.82) is 0 Å². The highest BCUT2D eigenvalue weighted by atomic mass is 16.5. The molecule has 29 heavy (non-hydrogen) atoms. The maximum atomic E-state index is 12.8. The Balaban J connectivity index is 1.68. The van der Waals surface area contributed by atoms with Crippen LogP contribution < -0.4 is 14.8 Å². The zero-order chi connectivity index (χ0) is 20.8. The fourth-order valence-electron chi connectivity index (χ4n) is 4.02. The number of hydrogen-bond acceptors (Lipinski definition) is 6. The Morgan fingerprint density at radius 3 is 2.38 bits per heavy atom. The average Bonchev–Trinajstić information content (AvgIpc) is 2.75. The molecule has 2 heterocycles. The second kappa shape index (κ2) is 9.93. The van der Waals surface area contributed by atoms with Gasteiger partial charge in [0.05, 0.1) is 26.7 Å². The quantitative estimate of drug-likeness (QED) is 0.691. The van der Waals surface area contributed by atoms with Crippen molar-refractivity contribution in [3.63, 3.8) is 0 Å². The first-order chi connectivity index (χ1) is 14.0. The highest BCUT2D eigenvalue weighted by molar-refractivity contribution is 5.88. The van der Waals surface area contributed by atoms with Crippen molar-refractivity contribution in [3.8, 4) is 11.5 Å². The Morgan fingerprint density at radius 1 is 1.14 bits per heavy atom. The number of carbonyl (C=O) groups is 2. The number of nitrogens with zero attached hydrogens (tertiary/aromatic N) is 2. The summed E-state index contributed by atoms with van der Waals surface area (Å²) in [7, 11) is 3.21. The van der Waals surface area contributed by atoms with Crippen LogP contribution in [0.2, 0.25) is 0 Å². The lowest BCUT2D eigenvalue weighted by Gasteiger charge is -2.37. The Hall–Kier alpha value is -2.32. The highest BCUT2D eigenvalue weighted by Crippen LogP contribution is 2.25. The highest BCUT2D eigenvalue weighted by Gasteiger charge is 2.34. The molecule has 2 aliphatic heterocycles. The second-order valence-electron chi connectivity index (χ2n) is 7.71. The molecule has 2 amide bonds. The van der Waals surface area contributed by atoms with Gasteiger partial charge in [-0.3, -0.25) is 14.5 Å². The smallest absolute Gasteiger partial charge is 0.237 e. The average molecular weight is 405 g/mol. The van der Waals surface area contributed by atoms with Crippen LogP contribution in [0, 0.1) is 5.92 Å². The molecule has 0 aromatic heterocycles. The van der Waals surface area contributed by atoms with E-state index in [-0.39, 0.29) is 30.8 Å². The summed E-state index contributed by atoms with van der Waals surface area (Å²) in [6, 6.07) is 5.16. The number of hydrogen-bond donors (Lipinski definition) is 2. The number of piperazine rings is 1. The van der Waals surface area contributed by atoms with E-state index in [1.54, 1.807) is 14.2 Å². The number of amides is 2. The predicted molar refractivity (Wildman–Crippen MR) is 108 cm³/mol. The molecule has 2 saturated heterocycles. The van der Waals surface area contributed by atoms with Crippen molar-refractivity contribution in [2.24, 2.45) is 5.92 Å². The first-order valence-corrected chi connectivity index (χ1v) is 10.2. The Bertz CT molecular complexity index is 696. The van der Waals surface area contributed by atoms with Gasteiger partial charge in [-0.05, 0) is 36.5 Å². The lowest BCUT2D eigenvalue weighted by atomic mass is 9.97. The number of benzene rings is 1. The number of ether oxygens (including phenoxy) is 2. The van der Waals surface area contributed by atoms with Gasteiger partial charge in [0.15, 0.2) is 0 Å². The maximum absolute atomic E-state index is 12.8. The van der Waals surface area contributed by atoms with E-state index in [0.717, 1.165) is 18.4 Å². The fraction of sp³-hybridized carbons (Fsp3) is 0.619. The van der Waals surface area contributed by atoms with Crippen molar-refractivity contribution in [2.75, 3.05) is 47.0 Å². The number of aliphatic hydroxyl groups is 1. The lowest BCUT2D eigenvalue weighted by Crippen LogP contribution is -2.56. The van der Waals surface area contributed by atoms with Crippen molar-refractivity contribution in [2.45, 2.75) is 31.8 Å². The van der Waals surface area contributed by atoms with Gasteiger partial charge in [0.2, 0.25) is 11.8 Å². The van der Waals surface area contributed by atoms with Gasteiger partial charge in [-0.1, -0.05) is 0 Å². The van der Waals surface area contributed by atoms with Crippen LogP contribution in [0.15, 0.2) is 18.2 Å². The molecular formula is C21H31N3O5. The topological polar surface area (TPSA) is 91.3 Å². The normalized spacial score (nSPS) is 21.0. The molecule has 2 fully saturated rings. The molecule has 0 saturated carbocycles. The first kappa shape index (κ1) is 21.4. The summed E-state index contributed by atoms with van der Waals surface area (Å²) in [6.45, 7) is 3.23. The predicted octanol–water partition coefficient (Wildman–Crippen LogP) is 0.625. The molecule has 2 aliphatic rings. The molecular weight excluding hydrogens is 374 g/mol. The molecule has 1 aromatic carbocycles. The van der Waals surface area contributed by atoms with Crippen molar-refractivity contribution in [1.82, 2.24) is 15.1 Å². The summed E-state index contributed by atoms with van der Waals surface area (Å²) in [6.07, 6.45) is 1.79. The molecule has 1 atom stereocenters. The minimum absolute atomic E-state index is 0.00309. The number of piperidine rings is 1. The van der Waals surface area contributed by atoms with E-state index >= 15 is 0 Å². The van der Waals surface area contributed by atoms with Crippen LogP contribution in [0.4, 0.5) is 0 Å². The van der Waals surface area contributed by atoms with Gasteiger partial charge in [-0.25, -0.2) is 0 Å². The van der Waals surface area contributed by atoms with Gasteiger partial charge in [0.1, 0.15) is 11.5 Å². The molecule has 0 spiro atoms. The van der Waals surface area contributed by atoms with Gasteiger partial charge in [-0.15, -0.1) is 0 Å². The van der Waals surface area contributed by atoms with Gasteiger partial charge in [0.25, 0.3) is 0 Å². The number of methoxy groups -OCH3 is 2. The summed E-state index contributed by atoms with van der Waals surface area (Å²) in [4.78, 5) is 29.2. The molecule has 2 N–H and O–H groups in total. The molecule has 160 valence electrons. The lowest BCUT2D eigenvalue weighted by molar-refractivity contribution is -0.140. The van der Waals surface area contributed by atoms with Gasteiger partial charge in [0, 0.05) is 45.4 Å². The van der Waals surface area contributed by atoms with Gasteiger partial charge in [-0.2, -0.15) is 0 Å². The van der Waals surface area contributed by atoms with Gasteiger partial charge >= 0.3 is 0 Å². The van der Waals surface area contributed by atoms with Crippen molar-refractivity contribution >= 4 is 11.8 Å². The van der Waals surface area contributed by atoms with Crippen molar-refractivity contribution in [3.05, 3.63) is 23.8 Å². The molecule has 8 heteroatoms. The summed E-state index contributed by atoms with van der Waals surface area (Å²) < 4.78 is 10.7. The van der Waals surface area contributed by atoms with Crippen molar-refractivity contribution < 1.29 is 24.2 Å². The third-order valence-corrected chi connectivity index (χ3v) is 5.83. The van der Waals surface area contributed by atoms with E-state index in [1.165, 1.54) is 0 Å². The Labute approximate surface area is 171 Å². The monoisotopic (exact) mass is 405 g/mol. The molecule has 0 unspecified atom stereocenters. The van der Waals surface area contributed by atoms with Crippen LogP contribution in [0.1, 0.15) is 24.8 Å². The standard InChI is InChI=1S/C21H31N3O5/c1-28-17-9-16(10-18(11-17)29-2)13-24-8-5-22-21(27)19(24)12-20(26)23-6-3-15(14-25)4-7-23/h9-11,15,19,25H,3-8,12-14H2,1-2H3,(H,22,27)/t19-/m0/s1. The fourth-order valence-corrected chi connectivity index (χ4v) is 4.02. The molecule has 0 radical (unpaired) electrons. The first-order valence-electron chi connectivity index (χ1n) is 10.2. The van der Waals surface area contributed by atoms with Crippen LogP contribution >= 0.6 is 0 Å². The van der Waals surface area contributed by atoms with Crippen LogP contribution in [-0.4, -0.2) is 79.8 Å². The van der Waals surface area contributed by atoms with E-state index in [9.17, 15) is 14.7 Å². The number of rotatable bonds is 7. The van der Waals surface area contributed by atoms with Crippen LogP contribution in [0.3, 0.4) is 0 Å². The van der Waals surface area contributed by atoms with E-state index in [2.05, 4.69) is 5.32 Å². The molecule has 8 nitrogen and oxygen atoms in total. The summed E-state index contributed by atoms with van der Waals surface area (Å²) in [5.74, 6) is 1.55. The van der Waals surface area contributed by atoms with E-state index in [4.69, 9.17) is 9.47 Å². The van der Waals surface area contributed by atoms with Crippen LogP contribution in [-0.2, 0) is 16.1 Å². The number of aliphatic hydroxyl groups excluding tert-OH is 1. The third kappa shape index (κ3) is 5.39. The summed E-state index contributed by atoms with van der Waals surface area (Å²) >= 11 is 0. The molecule has 1 aromatic rings. The van der Waals surface area contributed by atoms with Crippen LogP contribution in [0.5, 0.6) is 11.5 Å². The van der Waals surface area contributed by atoms with E-state index < -0.39 is 6.04 Å². The molecule has 0 bridgehead atoms. The van der Waals surface area contributed by atoms with Gasteiger partial charge < -0.3 is 24.8 Å². The molecule has 0 aliphatic carbocycles. The maximum Gasteiger partial charge on any atom is 0.237 e. The third-order valence-electron chi connectivity index (χ3n) is 5.83. The minimum atomic E-state index is -0.496. The Kier molecular flexibility index (Phi) is 7.33. The van der Waals surface area contributed by atoms with Crippen LogP contribution in [0.25, 0.3) is 0 Å². The van der Waals surface area contributed by atoms with E-state index in [0.29, 0.717) is 44.2 Å². The largest absolute Gasteiger partial charge is 0.497 e. The molecule has 3 rings (SSSR count). The zero-order valence-electron chi connectivity index (χ0n) is 17.2. The summed E-state index contributed by atoms with van der Waals surface area (Å²) in [5, 5.41) is 12.2. The second-order valence-corrected chi connectivity index (χ2v) is 7.71. The summed E-state index contributed by atoms with van der Waals surface area (Å²) in [5.41, 5.74) is 0.970. The SMILES string of the molecule is COc1cc(CN2CCNC(=O)[C@@H]2CC(=O)N2CCC(CO)CC2)cc(OC)c1. The number of nitrogens with one attached hydrogen (secondary N) is 1. The number of carbonyl (C=O) groups excluding carboxylic acids is 2. The minimum Gasteiger partial charge on any atom is -0.497 e. The number of likely N-dealkylation sites (tertiary alicyclic amines) is 1.